The molecule has 0 aliphatic carbocycles. The van der Waals surface area contributed by atoms with Gasteiger partial charge in [-0.05, 0) is 13.8 Å². The number of carbonyl (C=O) groups excluding carboxylic acids is 2. The highest BCUT2D eigenvalue weighted by atomic mass is 16.5. The molecule has 5 heteroatoms. The third-order valence-electron chi connectivity index (χ3n) is 1.81. The number of amides is 2. The van der Waals surface area contributed by atoms with Crippen molar-refractivity contribution in [2.45, 2.75) is 13.8 Å². The van der Waals surface area contributed by atoms with Crippen molar-refractivity contribution in [1.29, 1.82) is 0 Å². The Kier molecular flexibility index (Phi) is 2.12. The molecular weight excluding hydrogens is 160 g/mol. The second kappa shape index (κ2) is 2.92. The zero-order valence-corrected chi connectivity index (χ0v) is 7.20. The fourth-order valence-electron chi connectivity index (χ4n) is 0.873. The summed E-state index contributed by atoms with van der Waals surface area (Å²) in [4.78, 5) is 22.1. The summed E-state index contributed by atoms with van der Waals surface area (Å²) < 4.78 is 4.36. The van der Waals surface area contributed by atoms with E-state index in [2.05, 4.69) is 9.84 Å². The second-order valence-electron chi connectivity index (χ2n) is 2.58. The van der Waals surface area contributed by atoms with Gasteiger partial charge in [-0.15, -0.1) is 5.01 Å². The first-order chi connectivity index (χ1) is 5.57. The summed E-state index contributed by atoms with van der Waals surface area (Å²) >= 11 is 0. The van der Waals surface area contributed by atoms with E-state index in [-0.39, 0.29) is 11.8 Å². The molecular formula is C7H10N2O3. The SMILES string of the molecule is COC(=O)N1N=C(C)C(C)C1=O. The first kappa shape index (κ1) is 8.70. The van der Waals surface area contributed by atoms with Crippen molar-refractivity contribution in [2.75, 3.05) is 7.11 Å². The Bertz CT molecular complexity index is 259. The van der Waals surface area contributed by atoms with Gasteiger partial charge in [0, 0.05) is 5.71 Å². The molecule has 0 aromatic carbocycles. The van der Waals surface area contributed by atoms with Crippen LogP contribution in [0.5, 0.6) is 0 Å². The van der Waals surface area contributed by atoms with Crippen LogP contribution in [-0.2, 0) is 9.53 Å². The zero-order chi connectivity index (χ0) is 9.30. The second-order valence-corrected chi connectivity index (χ2v) is 2.58. The van der Waals surface area contributed by atoms with E-state index in [0.29, 0.717) is 5.71 Å². The predicted molar refractivity (Wildman–Crippen MR) is 41.5 cm³/mol. The van der Waals surface area contributed by atoms with Crippen LogP contribution in [0.25, 0.3) is 0 Å². The minimum Gasteiger partial charge on any atom is -0.451 e. The number of hydrogen-bond donors (Lipinski definition) is 0. The third-order valence-corrected chi connectivity index (χ3v) is 1.81. The molecule has 1 atom stereocenters. The maximum atomic E-state index is 11.2. The molecule has 0 saturated heterocycles. The molecule has 1 aliphatic heterocycles. The van der Waals surface area contributed by atoms with Crippen LogP contribution in [0.1, 0.15) is 13.8 Å². The highest BCUT2D eigenvalue weighted by Gasteiger charge is 2.34. The maximum Gasteiger partial charge on any atom is 0.437 e. The van der Waals surface area contributed by atoms with Gasteiger partial charge in [-0.3, -0.25) is 4.79 Å². The Hall–Kier alpha value is -1.39. The summed E-state index contributed by atoms with van der Waals surface area (Å²) in [6.07, 6.45) is -0.733. The van der Waals surface area contributed by atoms with E-state index in [1.165, 1.54) is 7.11 Å². The Morgan fingerprint density at radius 3 is 2.58 bits per heavy atom. The fraction of sp³-hybridized carbons (Fsp3) is 0.571. The Labute approximate surface area is 70.0 Å². The fourth-order valence-corrected chi connectivity index (χ4v) is 0.873. The van der Waals surface area contributed by atoms with Crippen molar-refractivity contribution < 1.29 is 14.3 Å². The molecule has 0 N–H and O–H groups in total. The van der Waals surface area contributed by atoms with Crippen molar-refractivity contribution in [2.24, 2.45) is 11.0 Å². The van der Waals surface area contributed by atoms with Gasteiger partial charge in [0.05, 0.1) is 13.0 Å². The van der Waals surface area contributed by atoms with Crippen molar-refractivity contribution in [1.82, 2.24) is 5.01 Å². The number of ether oxygens (including phenoxy) is 1. The average molecular weight is 170 g/mol. The van der Waals surface area contributed by atoms with Crippen LogP contribution in [0, 0.1) is 5.92 Å². The Morgan fingerprint density at radius 1 is 1.67 bits per heavy atom. The lowest BCUT2D eigenvalue weighted by atomic mass is 10.1. The summed E-state index contributed by atoms with van der Waals surface area (Å²) in [6.45, 7) is 3.40. The van der Waals surface area contributed by atoms with E-state index in [4.69, 9.17) is 0 Å². The van der Waals surface area contributed by atoms with Crippen LogP contribution >= 0.6 is 0 Å². The van der Waals surface area contributed by atoms with E-state index in [0.717, 1.165) is 5.01 Å². The topological polar surface area (TPSA) is 59.0 Å². The van der Waals surface area contributed by atoms with Gasteiger partial charge in [0.25, 0.3) is 5.91 Å². The van der Waals surface area contributed by atoms with Gasteiger partial charge in [0.15, 0.2) is 0 Å². The van der Waals surface area contributed by atoms with Crippen LogP contribution in [0.15, 0.2) is 5.10 Å². The molecule has 1 rings (SSSR count). The molecule has 0 bridgehead atoms. The van der Waals surface area contributed by atoms with Gasteiger partial charge in [0.2, 0.25) is 0 Å². The lowest BCUT2D eigenvalue weighted by Crippen LogP contribution is -2.31. The molecule has 2 amide bonds. The van der Waals surface area contributed by atoms with Gasteiger partial charge in [0.1, 0.15) is 0 Å². The minimum atomic E-state index is -0.733. The van der Waals surface area contributed by atoms with E-state index < -0.39 is 6.09 Å². The lowest BCUT2D eigenvalue weighted by Gasteiger charge is -2.07. The summed E-state index contributed by atoms with van der Waals surface area (Å²) in [7, 11) is 1.21. The zero-order valence-electron chi connectivity index (χ0n) is 7.20. The molecule has 0 saturated carbocycles. The van der Waals surface area contributed by atoms with Crippen LogP contribution in [0.3, 0.4) is 0 Å². The largest absolute Gasteiger partial charge is 0.451 e. The molecule has 12 heavy (non-hydrogen) atoms. The van der Waals surface area contributed by atoms with Crippen LogP contribution < -0.4 is 0 Å². The maximum absolute atomic E-state index is 11.2. The molecule has 0 aromatic heterocycles. The van der Waals surface area contributed by atoms with Gasteiger partial charge in [-0.1, -0.05) is 0 Å². The molecule has 0 spiro atoms. The molecule has 1 aliphatic rings. The van der Waals surface area contributed by atoms with Crippen molar-refractivity contribution in [3.63, 3.8) is 0 Å². The summed E-state index contributed by atoms with van der Waals surface area (Å²) in [5.74, 6) is -0.650. The molecule has 0 fully saturated rings. The number of nitrogens with zero attached hydrogens (tertiary/aromatic N) is 2. The van der Waals surface area contributed by atoms with E-state index in [1.807, 2.05) is 0 Å². The summed E-state index contributed by atoms with van der Waals surface area (Å²) in [6, 6.07) is 0. The summed E-state index contributed by atoms with van der Waals surface area (Å²) in [5.41, 5.74) is 0.630. The van der Waals surface area contributed by atoms with Crippen molar-refractivity contribution in [3.05, 3.63) is 0 Å². The van der Waals surface area contributed by atoms with E-state index in [9.17, 15) is 9.59 Å². The molecule has 66 valence electrons. The van der Waals surface area contributed by atoms with Crippen molar-refractivity contribution >= 4 is 17.7 Å². The lowest BCUT2D eigenvalue weighted by molar-refractivity contribution is -0.129. The normalized spacial score (nSPS) is 22.6. The molecule has 1 unspecified atom stereocenters. The number of carbonyl (C=O) groups is 2. The smallest absolute Gasteiger partial charge is 0.437 e. The first-order valence-electron chi connectivity index (χ1n) is 3.55. The summed E-state index contributed by atoms with van der Waals surface area (Å²) in [5, 5.41) is 4.50. The molecule has 0 radical (unpaired) electrons. The monoisotopic (exact) mass is 170 g/mol. The predicted octanol–water partition coefficient (Wildman–Crippen LogP) is 0.607. The molecule has 1 heterocycles. The van der Waals surface area contributed by atoms with Gasteiger partial charge in [-0.25, -0.2) is 4.79 Å². The van der Waals surface area contributed by atoms with Gasteiger partial charge in [-0.2, -0.15) is 5.10 Å². The third kappa shape index (κ3) is 1.17. The van der Waals surface area contributed by atoms with Gasteiger partial charge < -0.3 is 4.74 Å². The number of imide groups is 1. The number of rotatable bonds is 0. The molecule has 5 nitrogen and oxygen atoms in total. The highest BCUT2D eigenvalue weighted by molar-refractivity contribution is 6.11. The standard InChI is InChI=1S/C7H10N2O3/c1-4-5(2)8-9(6(4)10)7(11)12-3/h4H,1-3H3. The number of methoxy groups -OCH3 is 1. The van der Waals surface area contributed by atoms with Crippen LogP contribution in [0.4, 0.5) is 4.79 Å². The van der Waals surface area contributed by atoms with Gasteiger partial charge >= 0.3 is 6.09 Å². The number of hydrazone groups is 1. The first-order valence-corrected chi connectivity index (χ1v) is 3.55. The van der Waals surface area contributed by atoms with Crippen LogP contribution in [-0.4, -0.2) is 29.8 Å². The minimum absolute atomic E-state index is 0.316. The van der Waals surface area contributed by atoms with E-state index >= 15 is 0 Å². The van der Waals surface area contributed by atoms with Crippen LogP contribution in [0.2, 0.25) is 0 Å². The quantitative estimate of drug-likeness (QED) is 0.535. The molecule has 0 aromatic rings. The highest BCUT2D eigenvalue weighted by Crippen LogP contribution is 2.15. The Balaban J connectivity index is 2.83. The van der Waals surface area contributed by atoms with Crippen molar-refractivity contribution in [3.8, 4) is 0 Å². The average Bonchev–Trinajstić information content (AvgIpc) is 2.32. The van der Waals surface area contributed by atoms with E-state index in [1.54, 1.807) is 13.8 Å². The number of hydrogen-bond acceptors (Lipinski definition) is 4. The Morgan fingerprint density at radius 2 is 2.25 bits per heavy atom.